The summed E-state index contributed by atoms with van der Waals surface area (Å²) in [5, 5.41) is 9.10. The molecule has 1 aromatic rings. The smallest absolute Gasteiger partial charge is 0.319 e. The first-order valence-corrected chi connectivity index (χ1v) is 7.43. The van der Waals surface area contributed by atoms with Gasteiger partial charge in [0, 0.05) is 17.8 Å². The van der Waals surface area contributed by atoms with Crippen LogP contribution < -0.4 is 16.0 Å². The first-order valence-electron chi connectivity index (χ1n) is 7.43. The van der Waals surface area contributed by atoms with Crippen LogP contribution in [0.2, 0.25) is 0 Å². The third kappa shape index (κ3) is 4.53. The number of hydrogen-bond donors (Lipinski definition) is 3. The van der Waals surface area contributed by atoms with Crippen molar-refractivity contribution in [3.63, 3.8) is 0 Å². The number of hydrogen-bond acceptors (Lipinski definition) is 2. The van der Waals surface area contributed by atoms with Crippen LogP contribution in [-0.2, 0) is 0 Å². The van der Waals surface area contributed by atoms with Gasteiger partial charge in [-0.3, -0.25) is 0 Å². The minimum Gasteiger partial charge on any atom is -0.335 e. The predicted octanol–water partition coefficient (Wildman–Crippen LogP) is 3.28. The Balaban J connectivity index is 1.86. The number of anilines is 1. The SMILES string of the molecule is CNC(C)c1cccc(NC(=O)NC(C)CC2CC2)c1. The zero-order chi connectivity index (χ0) is 14.5. The van der Waals surface area contributed by atoms with Gasteiger partial charge in [-0.2, -0.15) is 0 Å². The molecule has 0 radical (unpaired) electrons. The summed E-state index contributed by atoms with van der Waals surface area (Å²) in [5.74, 6) is 0.824. The molecular weight excluding hydrogens is 250 g/mol. The second-order valence-electron chi connectivity index (χ2n) is 5.81. The highest BCUT2D eigenvalue weighted by atomic mass is 16.2. The number of benzene rings is 1. The predicted molar refractivity (Wildman–Crippen MR) is 82.9 cm³/mol. The van der Waals surface area contributed by atoms with Gasteiger partial charge in [-0.15, -0.1) is 0 Å². The zero-order valence-electron chi connectivity index (χ0n) is 12.6. The van der Waals surface area contributed by atoms with Gasteiger partial charge in [0.25, 0.3) is 0 Å². The van der Waals surface area contributed by atoms with Crippen molar-refractivity contribution in [2.24, 2.45) is 5.92 Å². The molecule has 2 amide bonds. The van der Waals surface area contributed by atoms with E-state index in [-0.39, 0.29) is 18.1 Å². The molecule has 4 nitrogen and oxygen atoms in total. The van der Waals surface area contributed by atoms with Crippen molar-refractivity contribution in [1.29, 1.82) is 0 Å². The van der Waals surface area contributed by atoms with Crippen molar-refractivity contribution in [3.05, 3.63) is 29.8 Å². The summed E-state index contributed by atoms with van der Waals surface area (Å²) in [7, 11) is 1.93. The van der Waals surface area contributed by atoms with Crippen molar-refractivity contribution in [3.8, 4) is 0 Å². The van der Waals surface area contributed by atoms with Crippen LogP contribution >= 0.6 is 0 Å². The van der Waals surface area contributed by atoms with Crippen LogP contribution in [0.15, 0.2) is 24.3 Å². The third-order valence-electron chi connectivity index (χ3n) is 3.84. The largest absolute Gasteiger partial charge is 0.335 e. The number of carbonyl (C=O) groups excluding carboxylic acids is 1. The lowest BCUT2D eigenvalue weighted by atomic mass is 10.1. The lowest BCUT2D eigenvalue weighted by molar-refractivity contribution is 0.248. The van der Waals surface area contributed by atoms with Crippen molar-refractivity contribution < 1.29 is 4.79 Å². The summed E-state index contributed by atoms with van der Waals surface area (Å²) in [6.45, 7) is 4.16. The van der Waals surface area contributed by atoms with Crippen LogP contribution in [-0.4, -0.2) is 19.1 Å². The average molecular weight is 275 g/mol. The Hall–Kier alpha value is -1.55. The Bertz CT molecular complexity index is 457. The van der Waals surface area contributed by atoms with E-state index in [0.717, 1.165) is 23.6 Å². The van der Waals surface area contributed by atoms with Crippen molar-refractivity contribution in [2.75, 3.05) is 12.4 Å². The summed E-state index contributed by atoms with van der Waals surface area (Å²) in [6, 6.07) is 8.33. The molecule has 1 saturated carbocycles. The van der Waals surface area contributed by atoms with Gasteiger partial charge < -0.3 is 16.0 Å². The second-order valence-corrected chi connectivity index (χ2v) is 5.81. The molecular formula is C16H25N3O. The molecule has 1 fully saturated rings. The summed E-state index contributed by atoms with van der Waals surface area (Å²) in [4.78, 5) is 11.9. The molecule has 0 saturated heterocycles. The molecule has 0 aliphatic heterocycles. The standard InChI is InChI=1S/C16H25N3O/c1-11(9-13-7-8-13)18-16(20)19-15-6-4-5-14(10-15)12(2)17-3/h4-6,10-13,17H,7-9H2,1-3H3,(H2,18,19,20). The highest BCUT2D eigenvalue weighted by Gasteiger charge is 2.24. The van der Waals surface area contributed by atoms with Gasteiger partial charge in [0.15, 0.2) is 0 Å². The first-order chi connectivity index (χ1) is 9.58. The van der Waals surface area contributed by atoms with E-state index in [1.165, 1.54) is 12.8 Å². The number of nitrogens with one attached hydrogen (secondary N) is 3. The lowest BCUT2D eigenvalue weighted by Crippen LogP contribution is -2.36. The molecule has 110 valence electrons. The van der Waals surface area contributed by atoms with E-state index < -0.39 is 0 Å². The molecule has 0 spiro atoms. The van der Waals surface area contributed by atoms with Crippen molar-refractivity contribution >= 4 is 11.7 Å². The number of urea groups is 1. The third-order valence-corrected chi connectivity index (χ3v) is 3.84. The van der Waals surface area contributed by atoms with E-state index in [9.17, 15) is 4.79 Å². The van der Waals surface area contributed by atoms with Crippen LogP contribution in [0.25, 0.3) is 0 Å². The summed E-state index contributed by atoms with van der Waals surface area (Å²) < 4.78 is 0. The summed E-state index contributed by atoms with van der Waals surface area (Å²) in [5.41, 5.74) is 2.00. The van der Waals surface area contributed by atoms with Gasteiger partial charge in [-0.1, -0.05) is 25.0 Å². The fraction of sp³-hybridized carbons (Fsp3) is 0.562. The Kier molecular flexibility index (Phi) is 5.01. The van der Waals surface area contributed by atoms with E-state index in [2.05, 4.69) is 35.9 Å². The van der Waals surface area contributed by atoms with Crippen molar-refractivity contribution in [2.45, 2.75) is 45.2 Å². The minimum atomic E-state index is -0.118. The highest BCUT2D eigenvalue weighted by molar-refractivity contribution is 5.89. The fourth-order valence-corrected chi connectivity index (χ4v) is 2.36. The van der Waals surface area contributed by atoms with E-state index >= 15 is 0 Å². The van der Waals surface area contributed by atoms with Crippen LogP contribution in [0, 0.1) is 5.92 Å². The van der Waals surface area contributed by atoms with Crippen LogP contribution in [0.1, 0.15) is 44.7 Å². The Morgan fingerprint density at radius 2 is 2.10 bits per heavy atom. The topological polar surface area (TPSA) is 53.2 Å². The molecule has 1 aliphatic carbocycles. The molecule has 0 heterocycles. The van der Waals surface area contributed by atoms with E-state index in [1.807, 2.05) is 25.2 Å². The maximum Gasteiger partial charge on any atom is 0.319 e. The zero-order valence-corrected chi connectivity index (χ0v) is 12.6. The van der Waals surface area contributed by atoms with Crippen LogP contribution in [0.4, 0.5) is 10.5 Å². The van der Waals surface area contributed by atoms with E-state index in [4.69, 9.17) is 0 Å². The fourth-order valence-electron chi connectivity index (χ4n) is 2.36. The van der Waals surface area contributed by atoms with Crippen LogP contribution in [0.3, 0.4) is 0 Å². The molecule has 0 bridgehead atoms. The minimum absolute atomic E-state index is 0.118. The van der Waals surface area contributed by atoms with Gasteiger partial charge in [0.05, 0.1) is 0 Å². The Labute approximate surface area is 121 Å². The molecule has 2 atom stereocenters. The van der Waals surface area contributed by atoms with Gasteiger partial charge in [-0.05, 0) is 50.9 Å². The van der Waals surface area contributed by atoms with Gasteiger partial charge >= 0.3 is 6.03 Å². The molecule has 1 aromatic carbocycles. The second kappa shape index (κ2) is 6.75. The lowest BCUT2D eigenvalue weighted by Gasteiger charge is -2.16. The maximum absolute atomic E-state index is 11.9. The van der Waals surface area contributed by atoms with Crippen LogP contribution in [0.5, 0.6) is 0 Å². The van der Waals surface area contributed by atoms with Gasteiger partial charge in [-0.25, -0.2) is 4.79 Å². The number of rotatable bonds is 6. The molecule has 4 heteroatoms. The molecule has 2 unspecified atom stereocenters. The molecule has 3 N–H and O–H groups in total. The number of amides is 2. The molecule has 20 heavy (non-hydrogen) atoms. The van der Waals surface area contributed by atoms with Gasteiger partial charge in [0.1, 0.15) is 0 Å². The molecule has 2 rings (SSSR count). The number of carbonyl (C=O) groups is 1. The van der Waals surface area contributed by atoms with E-state index in [1.54, 1.807) is 0 Å². The monoisotopic (exact) mass is 275 g/mol. The van der Waals surface area contributed by atoms with E-state index in [0.29, 0.717) is 0 Å². The Morgan fingerprint density at radius 1 is 1.35 bits per heavy atom. The normalized spacial score (nSPS) is 17.4. The first kappa shape index (κ1) is 14.9. The summed E-state index contributed by atoms with van der Waals surface area (Å²) in [6.07, 6.45) is 3.72. The van der Waals surface area contributed by atoms with Crippen molar-refractivity contribution in [1.82, 2.24) is 10.6 Å². The highest BCUT2D eigenvalue weighted by Crippen LogP contribution is 2.33. The maximum atomic E-state index is 11.9. The summed E-state index contributed by atoms with van der Waals surface area (Å²) >= 11 is 0. The van der Waals surface area contributed by atoms with Gasteiger partial charge in [0.2, 0.25) is 0 Å². The quantitative estimate of drug-likeness (QED) is 0.746. The molecule has 0 aromatic heterocycles. The average Bonchev–Trinajstić information content (AvgIpc) is 3.21. The molecule has 1 aliphatic rings. The Morgan fingerprint density at radius 3 is 2.75 bits per heavy atom.